The zero-order valence-electron chi connectivity index (χ0n) is 22.2. The van der Waals surface area contributed by atoms with Crippen molar-refractivity contribution in [2.24, 2.45) is 5.92 Å². The Hall–Kier alpha value is -3.04. The van der Waals surface area contributed by atoms with Crippen molar-refractivity contribution in [2.75, 3.05) is 0 Å². The molecule has 0 saturated heterocycles. The van der Waals surface area contributed by atoms with E-state index < -0.39 is 0 Å². The van der Waals surface area contributed by atoms with Gasteiger partial charge in [-0.1, -0.05) is 86.9 Å². The molecule has 2 aromatic carbocycles. The number of aliphatic hydroxyl groups excluding tert-OH is 1. The number of pyridine rings is 1. The maximum absolute atomic E-state index is 11.6. The molecule has 3 aromatic rings. The lowest BCUT2D eigenvalue weighted by Gasteiger charge is -2.16. The van der Waals surface area contributed by atoms with Gasteiger partial charge in [-0.25, -0.2) is 0 Å². The quantitative estimate of drug-likeness (QED) is 0.188. The monoisotopic (exact) mass is 483 g/mol. The van der Waals surface area contributed by atoms with Crippen molar-refractivity contribution in [1.82, 2.24) is 4.98 Å². The lowest BCUT2D eigenvalue weighted by Crippen LogP contribution is -2.03. The van der Waals surface area contributed by atoms with E-state index >= 15 is 0 Å². The first-order valence-electron chi connectivity index (χ1n) is 13.4. The molecule has 190 valence electrons. The van der Waals surface area contributed by atoms with Gasteiger partial charge in [0.15, 0.2) is 0 Å². The van der Waals surface area contributed by atoms with Gasteiger partial charge in [-0.2, -0.15) is 0 Å². The molecule has 0 spiro atoms. The average molecular weight is 484 g/mol. The predicted octanol–water partition coefficient (Wildman–Crippen LogP) is 7.85. The summed E-state index contributed by atoms with van der Waals surface area (Å²) in [5.74, 6) is 0.751. The SMILES string of the molecule is C/C=C\Cc1nc(-c2ccc(CCCC(CCC)CCc3ccc(CO)cc3)cc2)cc(C=O)c1C. The van der Waals surface area contributed by atoms with Crippen molar-refractivity contribution in [1.29, 1.82) is 0 Å². The van der Waals surface area contributed by atoms with Crippen LogP contribution in [-0.4, -0.2) is 16.4 Å². The Morgan fingerprint density at radius 3 is 2.22 bits per heavy atom. The number of aldehydes is 1. The number of aromatic nitrogens is 1. The van der Waals surface area contributed by atoms with Gasteiger partial charge >= 0.3 is 0 Å². The van der Waals surface area contributed by atoms with Crippen LogP contribution in [0.2, 0.25) is 0 Å². The van der Waals surface area contributed by atoms with Gasteiger partial charge in [0.25, 0.3) is 0 Å². The fraction of sp³-hybridized carbons (Fsp3) is 0.394. The molecule has 36 heavy (non-hydrogen) atoms. The van der Waals surface area contributed by atoms with Gasteiger partial charge in [0, 0.05) is 23.2 Å². The predicted molar refractivity (Wildman–Crippen MR) is 150 cm³/mol. The second-order valence-corrected chi connectivity index (χ2v) is 9.82. The Kier molecular flexibility index (Phi) is 11.1. The zero-order valence-corrected chi connectivity index (χ0v) is 22.2. The van der Waals surface area contributed by atoms with Crippen molar-refractivity contribution >= 4 is 6.29 Å². The van der Waals surface area contributed by atoms with Gasteiger partial charge in [-0.05, 0) is 73.8 Å². The highest BCUT2D eigenvalue weighted by atomic mass is 16.3. The highest BCUT2D eigenvalue weighted by Gasteiger charge is 2.11. The van der Waals surface area contributed by atoms with Gasteiger partial charge in [0.05, 0.1) is 12.3 Å². The molecule has 0 saturated carbocycles. The summed E-state index contributed by atoms with van der Waals surface area (Å²) >= 11 is 0. The third kappa shape index (κ3) is 7.99. The van der Waals surface area contributed by atoms with Crippen LogP contribution in [0.3, 0.4) is 0 Å². The number of allylic oxidation sites excluding steroid dienone is 2. The zero-order chi connectivity index (χ0) is 25.8. The van der Waals surface area contributed by atoms with Crippen molar-refractivity contribution in [3.05, 3.63) is 100 Å². The Morgan fingerprint density at radius 1 is 0.917 bits per heavy atom. The number of aryl methyl sites for hydroxylation is 2. The van der Waals surface area contributed by atoms with Crippen molar-refractivity contribution in [2.45, 2.75) is 78.7 Å². The summed E-state index contributed by atoms with van der Waals surface area (Å²) < 4.78 is 0. The van der Waals surface area contributed by atoms with Crippen LogP contribution in [0.25, 0.3) is 11.3 Å². The molecular weight excluding hydrogens is 442 g/mol. The van der Waals surface area contributed by atoms with Gasteiger partial charge in [-0.3, -0.25) is 9.78 Å². The first kappa shape index (κ1) is 27.5. The van der Waals surface area contributed by atoms with Crippen molar-refractivity contribution in [3.8, 4) is 11.3 Å². The van der Waals surface area contributed by atoms with Gasteiger partial charge < -0.3 is 5.11 Å². The molecule has 3 rings (SSSR count). The second kappa shape index (κ2) is 14.5. The molecule has 0 aliphatic rings. The summed E-state index contributed by atoms with van der Waals surface area (Å²) in [5.41, 5.74) is 8.26. The minimum Gasteiger partial charge on any atom is -0.392 e. The van der Waals surface area contributed by atoms with Crippen LogP contribution < -0.4 is 0 Å². The summed E-state index contributed by atoms with van der Waals surface area (Å²) in [6.07, 6.45) is 14.1. The number of hydrogen-bond acceptors (Lipinski definition) is 3. The molecule has 0 bridgehead atoms. The van der Waals surface area contributed by atoms with Crippen LogP contribution in [0.4, 0.5) is 0 Å². The fourth-order valence-electron chi connectivity index (χ4n) is 4.84. The first-order chi connectivity index (χ1) is 17.6. The van der Waals surface area contributed by atoms with Gasteiger partial charge in [0.1, 0.15) is 6.29 Å². The Balaban J connectivity index is 1.57. The van der Waals surface area contributed by atoms with E-state index in [1.165, 1.54) is 43.2 Å². The Bertz CT molecular complexity index is 1110. The minimum absolute atomic E-state index is 0.110. The Morgan fingerprint density at radius 2 is 1.58 bits per heavy atom. The van der Waals surface area contributed by atoms with Gasteiger partial charge in [0.2, 0.25) is 0 Å². The molecule has 0 aliphatic heterocycles. The van der Waals surface area contributed by atoms with Crippen molar-refractivity contribution < 1.29 is 9.90 Å². The van der Waals surface area contributed by atoms with E-state index in [4.69, 9.17) is 4.98 Å². The summed E-state index contributed by atoms with van der Waals surface area (Å²) in [4.78, 5) is 16.5. The van der Waals surface area contributed by atoms with E-state index in [9.17, 15) is 9.90 Å². The molecule has 3 heteroatoms. The maximum atomic E-state index is 11.6. The molecule has 0 fully saturated rings. The smallest absolute Gasteiger partial charge is 0.150 e. The normalized spacial score (nSPS) is 12.2. The number of hydrogen-bond donors (Lipinski definition) is 1. The minimum atomic E-state index is 0.110. The lowest BCUT2D eigenvalue weighted by molar-refractivity contribution is 0.112. The standard InChI is InChI=1S/C33H41NO2/c1-4-6-11-32-25(3)31(24-36)22-33(34-32)30-20-18-27(19-21-30)10-7-9-26(8-5-2)12-13-28-14-16-29(23-35)17-15-28/h4,6,14-22,24,26,35H,5,7-13,23H2,1-3H3/b6-4-. The largest absolute Gasteiger partial charge is 0.392 e. The molecule has 0 amide bonds. The number of carbonyl (C=O) groups excluding carboxylic acids is 1. The number of nitrogens with zero attached hydrogens (tertiary/aromatic N) is 1. The van der Waals surface area contributed by atoms with Crippen molar-refractivity contribution in [3.63, 3.8) is 0 Å². The van der Waals surface area contributed by atoms with E-state index in [1.54, 1.807) is 0 Å². The van der Waals surface area contributed by atoms with Crippen LogP contribution in [0.15, 0.2) is 66.7 Å². The topological polar surface area (TPSA) is 50.2 Å². The average Bonchev–Trinajstić information content (AvgIpc) is 2.92. The molecular formula is C33H41NO2. The van der Waals surface area contributed by atoms with E-state index in [1.807, 2.05) is 38.1 Å². The molecule has 1 unspecified atom stereocenters. The maximum Gasteiger partial charge on any atom is 0.150 e. The van der Waals surface area contributed by atoms with Gasteiger partial charge in [-0.15, -0.1) is 0 Å². The molecule has 3 nitrogen and oxygen atoms in total. The highest BCUT2D eigenvalue weighted by molar-refractivity contribution is 5.80. The summed E-state index contributed by atoms with van der Waals surface area (Å²) in [6, 6.07) is 19.0. The molecule has 1 N–H and O–H groups in total. The van der Waals surface area contributed by atoms with Crippen LogP contribution in [0.1, 0.15) is 84.3 Å². The number of benzene rings is 2. The molecule has 1 aromatic heterocycles. The Labute approximate surface area is 217 Å². The van der Waals surface area contributed by atoms with Crippen LogP contribution in [0, 0.1) is 12.8 Å². The molecule has 0 radical (unpaired) electrons. The lowest BCUT2D eigenvalue weighted by atomic mass is 9.90. The number of carbonyl (C=O) groups is 1. The number of aliphatic hydroxyl groups is 1. The second-order valence-electron chi connectivity index (χ2n) is 9.82. The highest BCUT2D eigenvalue weighted by Crippen LogP contribution is 2.25. The molecule has 1 heterocycles. The third-order valence-electron chi connectivity index (χ3n) is 7.16. The summed E-state index contributed by atoms with van der Waals surface area (Å²) in [5, 5.41) is 9.23. The van der Waals surface area contributed by atoms with E-state index in [0.717, 1.165) is 65.1 Å². The third-order valence-corrected chi connectivity index (χ3v) is 7.16. The van der Waals surface area contributed by atoms with E-state index in [0.29, 0.717) is 0 Å². The summed E-state index contributed by atoms with van der Waals surface area (Å²) in [7, 11) is 0. The molecule has 1 atom stereocenters. The first-order valence-corrected chi connectivity index (χ1v) is 13.4. The fourth-order valence-corrected chi connectivity index (χ4v) is 4.84. The van der Waals surface area contributed by atoms with Crippen LogP contribution in [0.5, 0.6) is 0 Å². The van der Waals surface area contributed by atoms with Crippen LogP contribution >= 0.6 is 0 Å². The van der Waals surface area contributed by atoms with E-state index in [-0.39, 0.29) is 6.61 Å². The van der Waals surface area contributed by atoms with E-state index in [2.05, 4.69) is 49.4 Å². The summed E-state index contributed by atoms with van der Waals surface area (Å²) in [6.45, 7) is 6.36. The molecule has 0 aliphatic carbocycles. The number of rotatable bonds is 14. The van der Waals surface area contributed by atoms with Crippen LogP contribution in [-0.2, 0) is 25.9 Å².